The summed E-state index contributed by atoms with van der Waals surface area (Å²) in [7, 11) is 0. The van der Waals surface area contributed by atoms with Crippen molar-refractivity contribution < 1.29 is 18.0 Å². The van der Waals surface area contributed by atoms with Gasteiger partial charge in [-0.25, -0.2) is 13.8 Å². The number of hydrogen-bond donors (Lipinski definition) is 0. The van der Waals surface area contributed by atoms with Crippen LogP contribution >= 0.6 is 0 Å². The van der Waals surface area contributed by atoms with Gasteiger partial charge in [-0.3, -0.25) is 9.78 Å². The molecule has 35 heavy (non-hydrogen) atoms. The summed E-state index contributed by atoms with van der Waals surface area (Å²) in [4.78, 5) is 23.8. The van der Waals surface area contributed by atoms with E-state index in [-0.39, 0.29) is 23.5 Å². The number of benzene rings is 2. The highest BCUT2D eigenvalue weighted by Crippen LogP contribution is 2.28. The summed E-state index contributed by atoms with van der Waals surface area (Å²) in [5.41, 5.74) is 3.01. The van der Waals surface area contributed by atoms with Crippen molar-refractivity contribution >= 4 is 5.91 Å². The molecule has 0 saturated carbocycles. The van der Waals surface area contributed by atoms with Crippen LogP contribution in [0.2, 0.25) is 0 Å². The lowest BCUT2D eigenvalue weighted by Gasteiger charge is -2.31. The average Bonchev–Trinajstić information content (AvgIpc) is 3.32. The topological polar surface area (TPSA) is 59.2 Å². The van der Waals surface area contributed by atoms with E-state index in [1.807, 2.05) is 23.1 Å². The average molecular weight is 474 g/mol. The first-order chi connectivity index (χ1) is 17.0. The van der Waals surface area contributed by atoms with Crippen molar-refractivity contribution in [2.45, 2.75) is 31.6 Å². The Kier molecular flexibility index (Phi) is 6.66. The molecule has 1 fully saturated rings. The molecule has 4 aromatic rings. The predicted octanol–water partition coefficient (Wildman–Crippen LogP) is 5.55. The molecule has 1 saturated heterocycles. The number of amides is 1. The zero-order valence-electron chi connectivity index (χ0n) is 19.2. The van der Waals surface area contributed by atoms with Crippen LogP contribution in [0.15, 0.2) is 77.6 Å². The highest BCUT2D eigenvalue weighted by molar-refractivity contribution is 5.94. The van der Waals surface area contributed by atoms with Gasteiger partial charge in [-0.05, 0) is 66.3 Å². The van der Waals surface area contributed by atoms with E-state index in [2.05, 4.69) is 9.97 Å². The molecule has 0 radical (unpaired) electrons. The molecule has 0 N–H and O–H groups in total. The third kappa shape index (κ3) is 5.62. The van der Waals surface area contributed by atoms with Crippen LogP contribution in [0.1, 0.15) is 57.5 Å². The standard InChI is InChI=1S/C28H25F2N3O2/c29-24-7-1-4-19(12-24)10-21-11-23(16-31-15-21)28(34)33-9-3-6-22(18-33)27-32-17-26(35-27)14-20-5-2-8-25(30)13-20/h1-2,4-5,7-8,11-13,15-17,22H,3,6,9-10,14,18H2/t22-/m1/s1. The minimum Gasteiger partial charge on any atom is -0.445 e. The fourth-order valence-electron chi connectivity index (χ4n) is 4.57. The molecule has 0 aliphatic carbocycles. The Morgan fingerprint density at radius 2 is 1.69 bits per heavy atom. The summed E-state index contributed by atoms with van der Waals surface area (Å²) in [5, 5.41) is 0. The summed E-state index contributed by atoms with van der Waals surface area (Å²) in [5.74, 6) is 0.619. The quantitative estimate of drug-likeness (QED) is 0.369. The van der Waals surface area contributed by atoms with Gasteiger partial charge in [-0.1, -0.05) is 24.3 Å². The molecule has 178 valence electrons. The van der Waals surface area contributed by atoms with Gasteiger partial charge in [0, 0.05) is 31.9 Å². The van der Waals surface area contributed by atoms with Crippen LogP contribution in [0, 0.1) is 11.6 Å². The van der Waals surface area contributed by atoms with Gasteiger partial charge in [0.05, 0.1) is 17.7 Å². The van der Waals surface area contributed by atoms with Crippen LogP contribution in [0.5, 0.6) is 0 Å². The maximum absolute atomic E-state index is 13.5. The Bertz CT molecular complexity index is 1340. The minimum atomic E-state index is -0.285. The number of piperidine rings is 1. The Hall–Kier alpha value is -3.87. The second-order valence-electron chi connectivity index (χ2n) is 8.95. The van der Waals surface area contributed by atoms with E-state index in [4.69, 9.17) is 4.42 Å². The van der Waals surface area contributed by atoms with Crippen LogP contribution in [0.3, 0.4) is 0 Å². The van der Waals surface area contributed by atoms with Crippen molar-refractivity contribution in [3.63, 3.8) is 0 Å². The smallest absolute Gasteiger partial charge is 0.255 e. The number of rotatable bonds is 6. The molecule has 3 heterocycles. The van der Waals surface area contributed by atoms with E-state index in [0.717, 1.165) is 29.5 Å². The molecule has 1 aliphatic heterocycles. The molecule has 1 aliphatic rings. The van der Waals surface area contributed by atoms with Gasteiger partial charge < -0.3 is 9.32 Å². The number of likely N-dealkylation sites (tertiary alicyclic amines) is 1. The Labute approximate surface area is 202 Å². The SMILES string of the molecule is O=C(c1cncc(Cc2cccc(F)c2)c1)N1CCC[C@@H](c2ncc(Cc3cccc(F)c3)o2)C1. The molecule has 1 amide bonds. The molecule has 5 rings (SSSR count). The van der Waals surface area contributed by atoms with Crippen molar-refractivity contribution in [3.8, 4) is 0 Å². The number of pyridine rings is 1. The molecule has 2 aromatic carbocycles. The lowest BCUT2D eigenvalue weighted by atomic mass is 9.97. The van der Waals surface area contributed by atoms with Crippen molar-refractivity contribution in [1.82, 2.24) is 14.9 Å². The molecule has 0 spiro atoms. The molecular formula is C28H25F2N3O2. The monoisotopic (exact) mass is 473 g/mol. The second kappa shape index (κ2) is 10.2. The number of nitrogens with zero attached hydrogens (tertiary/aromatic N) is 3. The van der Waals surface area contributed by atoms with E-state index >= 15 is 0 Å². The van der Waals surface area contributed by atoms with Gasteiger partial charge in [-0.15, -0.1) is 0 Å². The Balaban J connectivity index is 1.25. The van der Waals surface area contributed by atoms with Gasteiger partial charge in [0.2, 0.25) is 0 Å². The Morgan fingerprint density at radius 1 is 0.943 bits per heavy atom. The first-order valence-electron chi connectivity index (χ1n) is 11.7. The summed E-state index contributed by atoms with van der Waals surface area (Å²) in [6.07, 6.45) is 7.64. The zero-order valence-corrected chi connectivity index (χ0v) is 19.2. The second-order valence-corrected chi connectivity index (χ2v) is 8.95. The lowest BCUT2D eigenvalue weighted by Crippen LogP contribution is -2.39. The molecule has 7 heteroatoms. The van der Waals surface area contributed by atoms with Crippen molar-refractivity contribution in [2.75, 3.05) is 13.1 Å². The molecular weight excluding hydrogens is 448 g/mol. The first kappa shape index (κ1) is 22.9. The maximum Gasteiger partial charge on any atom is 0.255 e. The van der Waals surface area contributed by atoms with E-state index in [1.54, 1.807) is 30.7 Å². The number of oxazole rings is 1. The van der Waals surface area contributed by atoms with Crippen LogP contribution in [-0.4, -0.2) is 33.9 Å². The highest BCUT2D eigenvalue weighted by atomic mass is 19.1. The van der Waals surface area contributed by atoms with E-state index < -0.39 is 0 Å². The number of hydrogen-bond acceptors (Lipinski definition) is 4. The fraction of sp³-hybridized carbons (Fsp3) is 0.250. The van der Waals surface area contributed by atoms with Crippen LogP contribution in [0.4, 0.5) is 8.78 Å². The molecule has 0 bridgehead atoms. The number of carbonyl (C=O) groups excluding carboxylic acids is 1. The molecule has 5 nitrogen and oxygen atoms in total. The molecule has 0 unspecified atom stereocenters. The van der Waals surface area contributed by atoms with Gasteiger partial charge in [0.1, 0.15) is 17.4 Å². The summed E-state index contributed by atoms with van der Waals surface area (Å²) in [6, 6.07) is 14.7. The first-order valence-corrected chi connectivity index (χ1v) is 11.7. The molecule has 2 aromatic heterocycles. The van der Waals surface area contributed by atoms with Gasteiger partial charge in [0.15, 0.2) is 5.89 Å². The normalized spacial score (nSPS) is 15.8. The van der Waals surface area contributed by atoms with Gasteiger partial charge >= 0.3 is 0 Å². The zero-order chi connectivity index (χ0) is 24.2. The van der Waals surface area contributed by atoms with Crippen molar-refractivity contribution in [3.05, 3.63) is 119 Å². The van der Waals surface area contributed by atoms with Crippen LogP contribution in [-0.2, 0) is 12.8 Å². The number of halogens is 2. The van der Waals surface area contributed by atoms with Crippen LogP contribution < -0.4 is 0 Å². The Morgan fingerprint density at radius 3 is 2.43 bits per heavy atom. The third-order valence-corrected chi connectivity index (χ3v) is 6.24. The van der Waals surface area contributed by atoms with E-state index in [9.17, 15) is 13.6 Å². The van der Waals surface area contributed by atoms with Gasteiger partial charge in [0.25, 0.3) is 5.91 Å². The largest absolute Gasteiger partial charge is 0.445 e. The summed E-state index contributed by atoms with van der Waals surface area (Å²) in [6.45, 7) is 1.16. The third-order valence-electron chi connectivity index (χ3n) is 6.24. The van der Waals surface area contributed by atoms with Crippen molar-refractivity contribution in [1.29, 1.82) is 0 Å². The number of aromatic nitrogens is 2. The summed E-state index contributed by atoms with van der Waals surface area (Å²) < 4.78 is 33.0. The number of carbonyl (C=O) groups is 1. The summed E-state index contributed by atoms with van der Waals surface area (Å²) >= 11 is 0. The fourth-order valence-corrected chi connectivity index (χ4v) is 4.57. The highest BCUT2D eigenvalue weighted by Gasteiger charge is 2.28. The molecule has 1 atom stereocenters. The lowest BCUT2D eigenvalue weighted by molar-refractivity contribution is 0.0697. The van der Waals surface area contributed by atoms with E-state index in [0.29, 0.717) is 43.1 Å². The van der Waals surface area contributed by atoms with Crippen LogP contribution in [0.25, 0.3) is 0 Å². The van der Waals surface area contributed by atoms with Crippen molar-refractivity contribution in [2.24, 2.45) is 0 Å². The van der Waals surface area contributed by atoms with Gasteiger partial charge in [-0.2, -0.15) is 0 Å². The predicted molar refractivity (Wildman–Crippen MR) is 127 cm³/mol. The van der Waals surface area contributed by atoms with E-state index in [1.165, 1.54) is 24.3 Å². The minimum absolute atomic E-state index is 0.00241. The maximum atomic E-state index is 13.5.